The van der Waals surface area contributed by atoms with Crippen molar-refractivity contribution < 1.29 is 9.59 Å². The lowest BCUT2D eigenvalue weighted by atomic mass is 10.0. The Morgan fingerprint density at radius 2 is 2.00 bits per heavy atom. The number of aryl methyl sites for hydroxylation is 1. The molecule has 7 heteroatoms. The molecule has 26 heavy (non-hydrogen) atoms. The van der Waals surface area contributed by atoms with E-state index in [4.69, 9.17) is 0 Å². The number of nitrogens with zero attached hydrogens (tertiary/aromatic N) is 2. The van der Waals surface area contributed by atoms with Gasteiger partial charge in [0, 0.05) is 23.3 Å². The first-order valence-electron chi connectivity index (χ1n) is 8.65. The second kappa shape index (κ2) is 8.40. The normalized spacial score (nSPS) is 19.2. The summed E-state index contributed by atoms with van der Waals surface area (Å²) < 4.78 is 0.967. The minimum atomic E-state index is -0.284. The van der Waals surface area contributed by atoms with E-state index >= 15 is 0 Å². The van der Waals surface area contributed by atoms with Crippen LogP contribution in [0, 0.1) is 12.8 Å². The molecule has 1 aliphatic carbocycles. The highest BCUT2D eigenvalue weighted by atomic mass is 79.9. The van der Waals surface area contributed by atoms with Crippen LogP contribution in [-0.2, 0) is 11.3 Å². The minimum absolute atomic E-state index is 0.0291. The topological polar surface area (TPSA) is 84.0 Å². The Balaban J connectivity index is 1.58. The van der Waals surface area contributed by atoms with Crippen LogP contribution in [0.4, 0.5) is 0 Å². The number of amides is 2. The molecular formula is C19H21BrN4O2. The molecule has 1 aliphatic rings. The van der Waals surface area contributed by atoms with E-state index in [1.54, 1.807) is 6.20 Å². The van der Waals surface area contributed by atoms with Crippen LogP contribution in [0.25, 0.3) is 0 Å². The fourth-order valence-corrected chi connectivity index (χ4v) is 3.58. The fourth-order valence-electron chi connectivity index (χ4n) is 3.15. The van der Waals surface area contributed by atoms with Crippen molar-refractivity contribution in [3.05, 3.63) is 58.1 Å². The van der Waals surface area contributed by atoms with E-state index in [1.807, 2.05) is 31.2 Å². The van der Waals surface area contributed by atoms with Gasteiger partial charge in [-0.2, -0.15) is 0 Å². The number of carbonyl (C=O) groups excluding carboxylic acids is 2. The summed E-state index contributed by atoms with van der Waals surface area (Å²) in [6.07, 6.45) is 5.50. The van der Waals surface area contributed by atoms with Crippen LogP contribution in [0.15, 0.2) is 41.1 Å². The van der Waals surface area contributed by atoms with Crippen molar-refractivity contribution in [3.8, 4) is 0 Å². The van der Waals surface area contributed by atoms with E-state index < -0.39 is 0 Å². The Morgan fingerprint density at radius 3 is 2.73 bits per heavy atom. The fraction of sp³-hybridized carbons (Fsp3) is 0.368. The van der Waals surface area contributed by atoms with Crippen LogP contribution in [-0.4, -0.2) is 27.8 Å². The van der Waals surface area contributed by atoms with Crippen molar-refractivity contribution >= 4 is 27.7 Å². The second-order valence-corrected chi connectivity index (χ2v) is 7.32. The van der Waals surface area contributed by atoms with Crippen LogP contribution < -0.4 is 10.6 Å². The molecule has 0 bridgehead atoms. The highest BCUT2D eigenvalue weighted by Crippen LogP contribution is 2.26. The number of hydrogen-bond donors (Lipinski definition) is 2. The van der Waals surface area contributed by atoms with Crippen molar-refractivity contribution in [1.29, 1.82) is 0 Å². The largest absolute Gasteiger partial charge is 0.352 e. The van der Waals surface area contributed by atoms with Gasteiger partial charge in [-0.25, -0.2) is 4.98 Å². The lowest BCUT2D eigenvalue weighted by molar-refractivity contribution is -0.125. The third-order valence-corrected chi connectivity index (χ3v) is 5.37. The predicted octanol–water partition coefficient (Wildman–Crippen LogP) is 2.76. The lowest BCUT2D eigenvalue weighted by Gasteiger charge is -2.20. The average Bonchev–Trinajstić information content (AvgIpc) is 3.09. The molecule has 2 amide bonds. The van der Waals surface area contributed by atoms with E-state index in [0.717, 1.165) is 35.0 Å². The maximum absolute atomic E-state index is 12.6. The maximum Gasteiger partial charge on any atom is 0.271 e. The quantitative estimate of drug-likeness (QED) is 0.784. The van der Waals surface area contributed by atoms with Crippen molar-refractivity contribution in [2.75, 3.05) is 0 Å². The number of carbonyl (C=O) groups is 2. The third kappa shape index (κ3) is 4.46. The van der Waals surface area contributed by atoms with Gasteiger partial charge in [-0.15, -0.1) is 0 Å². The SMILES string of the molecule is Cc1cnc(C(=O)N[C@@H]2CCC[C@@H]2C(=O)NCc2ccccc2Br)cn1. The van der Waals surface area contributed by atoms with Crippen molar-refractivity contribution in [2.24, 2.45) is 5.92 Å². The van der Waals surface area contributed by atoms with Gasteiger partial charge in [0.25, 0.3) is 5.91 Å². The van der Waals surface area contributed by atoms with Crippen molar-refractivity contribution in [1.82, 2.24) is 20.6 Å². The molecule has 2 atom stereocenters. The first-order chi connectivity index (χ1) is 12.5. The predicted molar refractivity (Wildman–Crippen MR) is 101 cm³/mol. The van der Waals surface area contributed by atoms with Gasteiger partial charge in [0.15, 0.2) is 0 Å². The second-order valence-electron chi connectivity index (χ2n) is 6.47. The van der Waals surface area contributed by atoms with Gasteiger partial charge in [0.05, 0.1) is 17.8 Å². The van der Waals surface area contributed by atoms with E-state index in [1.165, 1.54) is 6.20 Å². The molecule has 3 rings (SSSR count). The molecule has 6 nitrogen and oxygen atoms in total. The third-order valence-electron chi connectivity index (χ3n) is 4.59. The van der Waals surface area contributed by atoms with Gasteiger partial charge < -0.3 is 10.6 Å². The van der Waals surface area contributed by atoms with E-state index in [0.29, 0.717) is 6.54 Å². The molecule has 0 saturated heterocycles. The number of aromatic nitrogens is 2. The summed E-state index contributed by atoms with van der Waals surface area (Å²) in [4.78, 5) is 33.1. The van der Waals surface area contributed by atoms with Gasteiger partial charge in [0.2, 0.25) is 5.91 Å². The Morgan fingerprint density at radius 1 is 1.19 bits per heavy atom. The summed E-state index contributed by atoms with van der Waals surface area (Å²) in [7, 11) is 0. The van der Waals surface area contributed by atoms with Crippen LogP contribution in [0.2, 0.25) is 0 Å². The molecule has 2 N–H and O–H groups in total. The number of rotatable bonds is 5. The summed E-state index contributed by atoms with van der Waals surface area (Å²) in [6.45, 7) is 2.28. The Hall–Kier alpha value is -2.28. The molecular weight excluding hydrogens is 396 g/mol. The van der Waals surface area contributed by atoms with Crippen LogP contribution in [0.5, 0.6) is 0 Å². The standard InChI is InChI=1S/C19H21BrN4O2/c1-12-9-22-17(11-21-12)19(26)24-16-8-4-6-14(16)18(25)23-10-13-5-2-3-7-15(13)20/h2-3,5,7,9,11,14,16H,4,6,8,10H2,1H3,(H,23,25)(H,24,26)/t14-,16+/m0/s1. The average molecular weight is 417 g/mol. The summed E-state index contributed by atoms with van der Waals surface area (Å²) in [5.41, 5.74) is 2.05. The highest BCUT2D eigenvalue weighted by Gasteiger charge is 2.34. The maximum atomic E-state index is 12.6. The van der Waals surface area contributed by atoms with Gasteiger partial charge >= 0.3 is 0 Å². The Labute approximate surface area is 160 Å². The van der Waals surface area contributed by atoms with Gasteiger partial charge in [-0.05, 0) is 31.4 Å². The molecule has 2 aromatic rings. The summed E-state index contributed by atoms with van der Waals surface area (Å²) in [5, 5.41) is 5.93. The molecule has 1 saturated carbocycles. The summed E-state index contributed by atoms with van der Waals surface area (Å²) >= 11 is 3.48. The zero-order chi connectivity index (χ0) is 18.5. The number of nitrogens with one attached hydrogen (secondary N) is 2. The number of benzene rings is 1. The molecule has 0 radical (unpaired) electrons. The number of halogens is 1. The minimum Gasteiger partial charge on any atom is -0.352 e. The Kier molecular flexibility index (Phi) is 5.98. The molecule has 0 unspecified atom stereocenters. The van der Waals surface area contributed by atoms with E-state index in [-0.39, 0.29) is 29.5 Å². The van der Waals surface area contributed by atoms with Crippen LogP contribution in [0.1, 0.15) is 41.0 Å². The van der Waals surface area contributed by atoms with Crippen LogP contribution in [0.3, 0.4) is 0 Å². The van der Waals surface area contributed by atoms with E-state index in [9.17, 15) is 9.59 Å². The van der Waals surface area contributed by atoms with Crippen LogP contribution >= 0.6 is 15.9 Å². The first-order valence-corrected chi connectivity index (χ1v) is 9.44. The number of hydrogen-bond acceptors (Lipinski definition) is 4. The van der Waals surface area contributed by atoms with Crippen molar-refractivity contribution in [3.63, 3.8) is 0 Å². The molecule has 0 aliphatic heterocycles. The first kappa shape index (κ1) is 18.5. The van der Waals surface area contributed by atoms with Gasteiger partial charge in [0.1, 0.15) is 5.69 Å². The molecule has 136 valence electrons. The van der Waals surface area contributed by atoms with Gasteiger partial charge in [-0.1, -0.05) is 40.5 Å². The van der Waals surface area contributed by atoms with E-state index in [2.05, 4.69) is 36.5 Å². The summed E-state index contributed by atoms with van der Waals surface area (Å²) in [6, 6.07) is 7.61. The molecule has 1 aromatic carbocycles. The molecule has 0 spiro atoms. The molecule has 1 fully saturated rings. The highest BCUT2D eigenvalue weighted by molar-refractivity contribution is 9.10. The molecule has 1 aromatic heterocycles. The lowest BCUT2D eigenvalue weighted by Crippen LogP contribution is -2.44. The zero-order valence-corrected chi connectivity index (χ0v) is 16.1. The zero-order valence-electron chi connectivity index (χ0n) is 14.5. The summed E-state index contributed by atoms with van der Waals surface area (Å²) in [5.74, 6) is -0.536. The smallest absolute Gasteiger partial charge is 0.271 e. The molecule has 1 heterocycles. The Bertz CT molecular complexity index is 794. The monoisotopic (exact) mass is 416 g/mol. The van der Waals surface area contributed by atoms with Gasteiger partial charge in [-0.3, -0.25) is 14.6 Å². The van der Waals surface area contributed by atoms with Crippen molar-refractivity contribution in [2.45, 2.75) is 38.8 Å².